The summed E-state index contributed by atoms with van der Waals surface area (Å²) in [6, 6.07) is 8.33. The summed E-state index contributed by atoms with van der Waals surface area (Å²) in [6.07, 6.45) is 0.976. The minimum Gasteiger partial charge on any atom is -0.364 e. The van der Waals surface area contributed by atoms with Gasteiger partial charge < -0.3 is 15.5 Å². The first kappa shape index (κ1) is 23.1. The molecule has 7 nitrogen and oxygen atoms in total. The van der Waals surface area contributed by atoms with E-state index in [1.165, 1.54) is 16.9 Å². The second kappa shape index (κ2) is 9.26. The predicted molar refractivity (Wildman–Crippen MR) is 130 cm³/mol. The van der Waals surface area contributed by atoms with Crippen molar-refractivity contribution in [2.24, 2.45) is 5.92 Å². The Kier molecular flexibility index (Phi) is 6.89. The summed E-state index contributed by atoms with van der Waals surface area (Å²) in [7, 11) is 1.89. The number of imidazole rings is 1. The number of hydrogen-bond donors (Lipinski definition) is 2. The van der Waals surface area contributed by atoms with Gasteiger partial charge in [0.1, 0.15) is 5.69 Å². The minimum absolute atomic E-state index is 0.00415. The molecule has 8 heteroatoms. The summed E-state index contributed by atoms with van der Waals surface area (Å²) in [6.45, 7) is 13.7. The molecule has 0 fully saturated rings. The molecular weight excluding hydrogens is 408 g/mol. The summed E-state index contributed by atoms with van der Waals surface area (Å²) < 4.78 is 1.86. The molecule has 0 aliphatic rings. The molecule has 0 aliphatic carbocycles. The van der Waals surface area contributed by atoms with Crippen LogP contribution in [-0.2, 0) is 4.79 Å². The topological polar surface area (TPSA) is 74.6 Å². The smallest absolute Gasteiger partial charge is 0.239 e. The molecule has 2 heterocycles. The molecule has 0 spiro atoms. The first-order valence-electron chi connectivity index (χ1n) is 10.8. The number of carbonyl (C=O) groups excluding carboxylic acids is 1. The molecule has 0 unspecified atom stereocenters. The van der Waals surface area contributed by atoms with Gasteiger partial charge in [0.15, 0.2) is 5.82 Å². The number of nitrogens with one attached hydrogen (secondary N) is 2. The number of anilines is 2. The van der Waals surface area contributed by atoms with Gasteiger partial charge in [0.05, 0.1) is 6.54 Å². The maximum absolute atomic E-state index is 12.3. The van der Waals surface area contributed by atoms with Crippen LogP contribution in [0.4, 0.5) is 10.9 Å². The number of hydrogen-bond acceptors (Lipinski definition) is 6. The fourth-order valence-electron chi connectivity index (χ4n) is 3.19. The highest BCUT2D eigenvalue weighted by atomic mass is 32.1. The van der Waals surface area contributed by atoms with Gasteiger partial charge in [-0.05, 0) is 46.1 Å². The maximum atomic E-state index is 12.3. The number of amides is 1. The SMILES string of the molecule is Cc1cccc(-c2nc3sc(N(C)CC(=O)NCCC(C)C)nn3c2NC(C)(C)C)c1. The predicted octanol–water partition coefficient (Wildman–Crippen LogP) is 4.58. The molecule has 0 saturated carbocycles. The standard InChI is InChI=1S/C23H34N6OS/c1-15(2)11-12-24-18(30)14-28(7)22-27-29-20(26-23(4,5)6)19(25-21(29)31-22)17-10-8-9-16(3)13-17/h8-10,13,15,26H,11-12,14H2,1-7H3,(H,24,30). The van der Waals surface area contributed by atoms with E-state index in [1.54, 1.807) is 0 Å². The van der Waals surface area contributed by atoms with Crippen LogP contribution >= 0.6 is 11.3 Å². The highest BCUT2D eigenvalue weighted by Crippen LogP contribution is 2.34. The highest BCUT2D eigenvalue weighted by Gasteiger charge is 2.23. The lowest BCUT2D eigenvalue weighted by atomic mass is 10.1. The van der Waals surface area contributed by atoms with E-state index >= 15 is 0 Å². The van der Waals surface area contributed by atoms with E-state index in [0.29, 0.717) is 12.5 Å². The zero-order valence-electron chi connectivity index (χ0n) is 19.6. The maximum Gasteiger partial charge on any atom is 0.239 e. The summed E-state index contributed by atoms with van der Waals surface area (Å²) in [5.74, 6) is 1.44. The molecular formula is C23H34N6OS. The van der Waals surface area contributed by atoms with E-state index in [-0.39, 0.29) is 18.0 Å². The van der Waals surface area contributed by atoms with Crippen molar-refractivity contribution >= 4 is 33.2 Å². The van der Waals surface area contributed by atoms with Crippen molar-refractivity contribution in [1.82, 2.24) is 19.9 Å². The molecule has 1 aromatic carbocycles. The lowest BCUT2D eigenvalue weighted by Crippen LogP contribution is -2.36. The third-order valence-electron chi connectivity index (χ3n) is 4.73. The Morgan fingerprint density at radius 3 is 2.68 bits per heavy atom. The van der Waals surface area contributed by atoms with E-state index < -0.39 is 0 Å². The van der Waals surface area contributed by atoms with Crippen molar-refractivity contribution in [3.63, 3.8) is 0 Å². The Hall–Kier alpha value is -2.61. The first-order chi connectivity index (χ1) is 14.5. The van der Waals surface area contributed by atoms with Crippen LogP contribution in [-0.4, -0.2) is 46.2 Å². The van der Waals surface area contributed by atoms with E-state index in [0.717, 1.165) is 33.6 Å². The van der Waals surface area contributed by atoms with E-state index in [2.05, 4.69) is 70.4 Å². The molecule has 31 heavy (non-hydrogen) atoms. The van der Waals surface area contributed by atoms with Crippen LogP contribution in [0, 0.1) is 12.8 Å². The quantitative estimate of drug-likeness (QED) is 0.534. The molecule has 3 rings (SSSR count). The molecule has 168 valence electrons. The van der Waals surface area contributed by atoms with E-state index in [1.807, 2.05) is 22.5 Å². The molecule has 1 amide bonds. The van der Waals surface area contributed by atoms with Crippen LogP contribution in [0.25, 0.3) is 16.2 Å². The Labute approximate surface area is 188 Å². The summed E-state index contributed by atoms with van der Waals surface area (Å²) in [5.41, 5.74) is 2.98. The van der Waals surface area contributed by atoms with Crippen LogP contribution in [0.15, 0.2) is 24.3 Å². The monoisotopic (exact) mass is 442 g/mol. The number of rotatable bonds is 8. The molecule has 2 N–H and O–H groups in total. The van der Waals surface area contributed by atoms with Gasteiger partial charge in [-0.3, -0.25) is 4.79 Å². The molecule has 2 aromatic heterocycles. The fourth-order valence-corrected chi connectivity index (χ4v) is 4.05. The van der Waals surface area contributed by atoms with Crippen molar-refractivity contribution < 1.29 is 4.79 Å². The lowest BCUT2D eigenvalue weighted by Gasteiger charge is -2.22. The lowest BCUT2D eigenvalue weighted by molar-refractivity contribution is -0.119. The number of aromatic nitrogens is 3. The van der Waals surface area contributed by atoms with Crippen LogP contribution < -0.4 is 15.5 Å². The summed E-state index contributed by atoms with van der Waals surface area (Å²) >= 11 is 1.48. The van der Waals surface area contributed by atoms with Gasteiger partial charge in [-0.15, -0.1) is 5.10 Å². The van der Waals surface area contributed by atoms with Gasteiger partial charge >= 0.3 is 0 Å². The number of nitrogens with zero attached hydrogens (tertiary/aromatic N) is 4. The van der Waals surface area contributed by atoms with E-state index in [4.69, 9.17) is 10.1 Å². The molecule has 0 atom stereocenters. The van der Waals surface area contributed by atoms with Crippen molar-refractivity contribution in [3.8, 4) is 11.3 Å². The Morgan fingerprint density at radius 2 is 2.03 bits per heavy atom. The Morgan fingerprint density at radius 1 is 1.29 bits per heavy atom. The third kappa shape index (κ3) is 5.97. The third-order valence-corrected chi connectivity index (χ3v) is 5.75. The van der Waals surface area contributed by atoms with Crippen LogP contribution in [0.5, 0.6) is 0 Å². The van der Waals surface area contributed by atoms with Crippen molar-refractivity contribution in [2.75, 3.05) is 30.4 Å². The van der Waals surface area contributed by atoms with Gasteiger partial charge in [-0.1, -0.05) is 48.9 Å². The Bertz CT molecular complexity index is 1050. The van der Waals surface area contributed by atoms with Crippen molar-refractivity contribution in [3.05, 3.63) is 29.8 Å². The highest BCUT2D eigenvalue weighted by molar-refractivity contribution is 7.20. The van der Waals surface area contributed by atoms with Crippen LogP contribution in [0.1, 0.15) is 46.6 Å². The average molecular weight is 443 g/mol. The van der Waals surface area contributed by atoms with Gasteiger partial charge in [0.25, 0.3) is 0 Å². The zero-order valence-corrected chi connectivity index (χ0v) is 20.4. The number of benzene rings is 1. The fraction of sp³-hybridized carbons (Fsp3) is 0.522. The molecule has 0 bridgehead atoms. The molecule has 0 radical (unpaired) electrons. The minimum atomic E-state index is -0.152. The zero-order chi connectivity index (χ0) is 22.8. The van der Waals surface area contributed by atoms with Crippen molar-refractivity contribution in [2.45, 2.75) is 53.5 Å². The molecule has 3 aromatic rings. The van der Waals surface area contributed by atoms with Gasteiger partial charge in [0.2, 0.25) is 16.0 Å². The number of carbonyl (C=O) groups is 1. The van der Waals surface area contributed by atoms with Gasteiger partial charge in [-0.2, -0.15) is 4.52 Å². The largest absolute Gasteiger partial charge is 0.364 e. The normalized spacial score (nSPS) is 11.9. The average Bonchev–Trinajstić information content (AvgIpc) is 3.20. The summed E-state index contributed by atoms with van der Waals surface area (Å²) in [5, 5.41) is 12.1. The molecule has 0 saturated heterocycles. The number of fused-ring (bicyclic) bond motifs is 1. The second-order valence-electron chi connectivity index (χ2n) is 9.52. The van der Waals surface area contributed by atoms with Crippen molar-refractivity contribution in [1.29, 1.82) is 0 Å². The first-order valence-corrected chi connectivity index (χ1v) is 11.6. The van der Waals surface area contributed by atoms with Gasteiger partial charge in [0, 0.05) is 24.7 Å². The number of aryl methyl sites for hydroxylation is 1. The summed E-state index contributed by atoms with van der Waals surface area (Å²) in [4.78, 5) is 19.8. The number of likely N-dealkylation sites (N-methyl/N-ethyl adjacent to an activating group) is 1. The van der Waals surface area contributed by atoms with Gasteiger partial charge in [-0.25, -0.2) is 4.98 Å². The second-order valence-corrected chi connectivity index (χ2v) is 10.5. The molecule has 0 aliphatic heterocycles. The van der Waals surface area contributed by atoms with Crippen LogP contribution in [0.2, 0.25) is 0 Å². The van der Waals surface area contributed by atoms with Crippen LogP contribution in [0.3, 0.4) is 0 Å². The Balaban J connectivity index is 1.87. The van der Waals surface area contributed by atoms with E-state index in [9.17, 15) is 4.79 Å².